The fourth-order valence-corrected chi connectivity index (χ4v) is 25.0. The molecule has 9 nitrogen and oxygen atoms in total. The number of ether oxygens (including phenoxy) is 5. The van der Waals surface area contributed by atoms with Crippen LogP contribution in [0.4, 0.5) is 68.2 Å². The number of anilines is 12. The molecule has 21 aromatic carbocycles. The predicted octanol–water partition coefficient (Wildman–Crippen LogP) is 22.2. The Morgan fingerprint density at radius 3 is 1.22 bits per heavy atom. The number of rotatable bonds is 7. The van der Waals surface area contributed by atoms with Crippen LogP contribution in [-0.2, 0) is 6.42 Å². The van der Waals surface area contributed by atoms with E-state index >= 15 is 0 Å². The van der Waals surface area contributed by atoms with Crippen LogP contribution in [-0.4, -0.2) is 33.6 Å². The molecule has 15 heteroatoms. The Morgan fingerprint density at radius 1 is 0.241 bits per heavy atom. The summed E-state index contributed by atoms with van der Waals surface area (Å²) in [6.45, 7) is 2.93. The fraction of sp³-hybridized carbons (Fsp3) is 0.0159. The Kier molecular flexibility index (Phi) is 19.5. The molecule has 0 radical (unpaired) electrons. The Hall–Kier alpha value is -17.2. The van der Waals surface area contributed by atoms with Crippen molar-refractivity contribution in [2.75, 3.05) is 19.6 Å². The minimum atomic E-state index is 0.0609. The predicted molar refractivity (Wildman–Crippen MR) is 588 cm³/mol. The molecular weight excluding hydrogens is 1740 g/mol. The first-order valence-electron chi connectivity index (χ1n) is 48.5. The lowest BCUT2D eigenvalue weighted by atomic mass is 9.30. The topological polar surface area (TPSA) is 59.1 Å². The van der Waals surface area contributed by atoms with E-state index in [9.17, 15) is 0 Å². The first-order valence-corrected chi connectivity index (χ1v) is 49.4. The summed E-state index contributed by atoms with van der Waals surface area (Å²) in [6, 6.07) is 168. The number of hydrogen-bond acceptors (Lipinski definition) is 10. The first-order chi connectivity index (χ1) is 69.9. The zero-order valence-corrected chi connectivity index (χ0v) is 77.7. The minimum absolute atomic E-state index is 0.0609. The lowest BCUT2D eigenvalue weighted by Crippen LogP contribution is -2.63. The van der Waals surface area contributed by atoms with Crippen LogP contribution in [0.15, 0.2) is 483 Å². The molecule has 0 saturated heterocycles. The van der Waals surface area contributed by atoms with Gasteiger partial charge >= 0.3 is 0 Å². The summed E-state index contributed by atoms with van der Waals surface area (Å²) in [7, 11) is 0. The molecule has 0 bridgehead atoms. The Balaban J connectivity index is 0.0000000928. The van der Waals surface area contributed by atoms with Crippen molar-refractivity contribution >= 4 is 206 Å². The number of fused-ring (bicyclic) bond motifs is 22. The van der Waals surface area contributed by atoms with Gasteiger partial charge in [0.25, 0.3) is 26.9 Å². The van der Waals surface area contributed by atoms with Crippen molar-refractivity contribution in [3.63, 3.8) is 0 Å². The SMILES string of the molecule is Cc1c2c(cc3c1Oc1cccc4c1B3c1ccccc1O4)B1c3ccccc3Oc3cccc(c31)C2.c1ccc(N(c2ccccc2)c2ccc(-c3ccc4c5c3Oc3ccccc3B5c3ccccc3O4)cc2)cc1.c1ccc(N2c3ccccc3B3c4c2cccc4N(c2ccccc2)c2ccc4ccccc4c23)cc1.c1ccc(N2c3ccccc3B3c4ccccc4Sc4cccc2c43)cc1. The number of nitrogens with zero attached hydrogens (tertiary/aromatic N) is 4. The molecule has 0 aliphatic carbocycles. The van der Waals surface area contributed by atoms with Gasteiger partial charge in [-0.05, 0) is 282 Å². The smallest absolute Gasteiger partial charge is 0.260 e. The van der Waals surface area contributed by atoms with Crippen molar-refractivity contribution in [2.24, 2.45) is 0 Å². The summed E-state index contributed by atoms with van der Waals surface area (Å²) in [5, 5.41) is 2.59. The Morgan fingerprint density at radius 2 is 0.631 bits per heavy atom. The van der Waals surface area contributed by atoms with E-state index in [1.165, 1.54) is 159 Å². The monoisotopic (exact) mass is 1820 g/mol. The molecule has 141 heavy (non-hydrogen) atoms. The molecule has 0 spiro atoms. The van der Waals surface area contributed by atoms with Crippen molar-refractivity contribution in [3.8, 4) is 68.6 Å². The molecule has 658 valence electrons. The van der Waals surface area contributed by atoms with Gasteiger partial charge in [0.1, 0.15) is 57.5 Å². The minimum Gasteiger partial charge on any atom is -0.458 e. The number of hydrogen-bond donors (Lipinski definition) is 0. The van der Waals surface area contributed by atoms with Crippen LogP contribution in [0.5, 0.6) is 57.5 Å². The first kappa shape index (κ1) is 82.1. The van der Waals surface area contributed by atoms with E-state index in [4.69, 9.17) is 23.7 Å². The van der Waals surface area contributed by atoms with Crippen LogP contribution >= 0.6 is 11.8 Å². The third-order valence-corrected chi connectivity index (χ3v) is 30.9. The van der Waals surface area contributed by atoms with Gasteiger partial charge in [0.15, 0.2) is 0 Å². The van der Waals surface area contributed by atoms with Gasteiger partial charge < -0.3 is 43.3 Å². The van der Waals surface area contributed by atoms with Gasteiger partial charge in [-0.2, -0.15) is 0 Å². The molecule has 0 N–H and O–H groups in total. The average Bonchev–Trinajstić information content (AvgIpc) is 0.736. The molecular formula is C126H83B5N4O5S. The van der Waals surface area contributed by atoms with Crippen molar-refractivity contribution < 1.29 is 23.7 Å². The third-order valence-electron chi connectivity index (χ3n) is 29.7. The Bertz CT molecular complexity index is 8450. The lowest BCUT2D eigenvalue weighted by Gasteiger charge is -2.44. The van der Waals surface area contributed by atoms with E-state index in [1.807, 2.05) is 54.2 Å². The maximum absolute atomic E-state index is 6.70. The van der Waals surface area contributed by atoms with E-state index < -0.39 is 0 Å². The fourth-order valence-electron chi connectivity index (χ4n) is 23.8. The third kappa shape index (κ3) is 13.3. The summed E-state index contributed by atoms with van der Waals surface area (Å²) in [6.07, 6.45) is 0.875. The van der Waals surface area contributed by atoms with E-state index in [2.05, 4.69) is 457 Å². The van der Waals surface area contributed by atoms with Gasteiger partial charge in [0.05, 0.1) is 0 Å². The molecule has 10 aliphatic heterocycles. The standard InChI is InChI=1S/C36H24BNO2.C34H23BN2.C32H20B2O3.C24H16BNS/c1-3-11-26(12-4-1)38(27-13-5-2-6-14-27)28-21-19-25(20-22-28)29-23-24-34-35-36(29)40-33-18-10-8-16-31(33)37(35)30-15-7-9-17-32(30)39-34;1-3-13-25(14-4-1)36-29-19-10-9-18-28(29)35-33-27-17-8-7-12-24(27)22-23-32(33)37(26-15-5-2-6-16-26)31-21-11-20-30(36)34(31)35;1-18-20-16-19-8-6-13-27-30(19)33(21-9-2-4-11-25(21)35-27)23(20)17-24-32(18)37-29-15-7-14-28-31(29)34(24)22-10-3-5-12-26(22)36-28;1-2-9-17(10-3-1)26-20-13-6-4-11-18(20)25-19-12-5-7-15-22(19)27-23-16-8-14-21(26)24(23)25/h1-24H;1-23H;2-15,17H,16H2,1H3;1-16H. The van der Waals surface area contributed by atoms with E-state index in [0.29, 0.717) is 6.71 Å². The highest BCUT2D eigenvalue weighted by atomic mass is 32.2. The average molecular weight is 1820 g/mol. The van der Waals surface area contributed by atoms with Gasteiger partial charge in [0, 0.05) is 94.5 Å². The van der Waals surface area contributed by atoms with Crippen molar-refractivity contribution in [1.29, 1.82) is 0 Å². The van der Waals surface area contributed by atoms with Gasteiger partial charge in [0.2, 0.25) is 6.71 Å². The highest BCUT2D eigenvalue weighted by Gasteiger charge is 2.49. The van der Waals surface area contributed by atoms with Crippen molar-refractivity contribution in [1.82, 2.24) is 0 Å². The molecule has 0 atom stereocenters. The summed E-state index contributed by atoms with van der Waals surface area (Å²) >= 11 is 1.89. The number of benzene rings is 21. The second-order valence-electron chi connectivity index (χ2n) is 37.3. The summed E-state index contributed by atoms with van der Waals surface area (Å²) < 4.78 is 32.5. The molecule has 10 heterocycles. The number of para-hydroxylation sites is 11. The molecule has 0 unspecified atom stereocenters. The molecule has 31 rings (SSSR count). The summed E-state index contributed by atoms with van der Waals surface area (Å²) in [4.78, 5) is 12.3. The second-order valence-corrected chi connectivity index (χ2v) is 38.4. The van der Waals surface area contributed by atoms with Gasteiger partial charge in [-0.1, -0.05) is 320 Å². The van der Waals surface area contributed by atoms with Crippen LogP contribution in [0.2, 0.25) is 0 Å². The maximum atomic E-state index is 6.70. The maximum Gasteiger partial charge on any atom is 0.260 e. The zero-order valence-electron chi connectivity index (χ0n) is 76.9. The molecule has 0 saturated carbocycles. The molecule has 21 aromatic rings. The summed E-state index contributed by atoms with van der Waals surface area (Å²) in [5.74, 6) is 9.12. The van der Waals surface area contributed by atoms with E-state index in [0.717, 1.165) is 103 Å². The second kappa shape index (κ2) is 33.6. The highest BCUT2D eigenvalue weighted by Crippen LogP contribution is 2.49. The zero-order chi connectivity index (χ0) is 92.9. The van der Waals surface area contributed by atoms with Crippen LogP contribution in [0.25, 0.3) is 21.9 Å². The van der Waals surface area contributed by atoms with E-state index in [-0.39, 0.29) is 26.9 Å². The lowest BCUT2D eigenvalue weighted by molar-refractivity contribution is 0.462. The van der Waals surface area contributed by atoms with Crippen molar-refractivity contribution in [2.45, 2.75) is 23.1 Å². The van der Waals surface area contributed by atoms with Crippen LogP contribution in [0.1, 0.15) is 16.7 Å². The van der Waals surface area contributed by atoms with Gasteiger partial charge in [-0.25, -0.2) is 0 Å². The molecule has 0 aromatic heterocycles. The van der Waals surface area contributed by atoms with Crippen molar-refractivity contribution in [3.05, 3.63) is 490 Å². The largest absolute Gasteiger partial charge is 0.458 e. The normalized spacial score (nSPS) is 13.4. The molecule has 0 amide bonds. The van der Waals surface area contributed by atoms with Crippen LogP contribution < -0.4 is 125 Å². The quantitative estimate of drug-likeness (QED) is 0.144. The van der Waals surface area contributed by atoms with Crippen LogP contribution in [0.3, 0.4) is 0 Å². The highest BCUT2D eigenvalue weighted by molar-refractivity contribution is 8.00. The molecule has 10 aliphatic rings. The van der Waals surface area contributed by atoms with Gasteiger partial charge in [-0.15, -0.1) is 0 Å². The molecule has 0 fully saturated rings. The summed E-state index contributed by atoms with van der Waals surface area (Å²) in [5.41, 5.74) is 39.7. The van der Waals surface area contributed by atoms with Crippen LogP contribution in [0, 0.1) is 6.92 Å². The van der Waals surface area contributed by atoms with E-state index in [1.54, 1.807) is 0 Å². The Labute approximate surface area is 825 Å². The van der Waals surface area contributed by atoms with Gasteiger partial charge in [-0.3, -0.25) is 0 Å².